The van der Waals surface area contributed by atoms with Gasteiger partial charge in [-0.2, -0.15) is 0 Å². The Morgan fingerprint density at radius 2 is 1.90 bits per heavy atom. The van der Waals surface area contributed by atoms with Crippen LogP contribution < -0.4 is 4.74 Å². The van der Waals surface area contributed by atoms with E-state index in [9.17, 15) is 9.90 Å². The van der Waals surface area contributed by atoms with E-state index in [2.05, 4.69) is 21.6 Å². The largest absolute Gasteiger partial charge is 0.494 e. The van der Waals surface area contributed by atoms with Gasteiger partial charge in [0, 0.05) is 49.4 Å². The summed E-state index contributed by atoms with van der Waals surface area (Å²) in [4.78, 5) is 27.8. The number of alkyl halides is 1. The number of ether oxygens (including phenoxy) is 1. The number of halogens is 1. The zero-order chi connectivity index (χ0) is 32.3. The predicted molar refractivity (Wildman–Crippen MR) is 179 cm³/mol. The molecule has 1 amide bonds. The Kier molecular flexibility index (Phi) is 6.20. The summed E-state index contributed by atoms with van der Waals surface area (Å²) >= 11 is 0. The first-order valence-corrected chi connectivity index (χ1v) is 17.4. The van der Waals surface area contributed by atoms with Crippen LogP contribution in [0.25, 0.3) is 33.6 Å². The molecule has 246 valence electrons. The molecule has 1 N–H and O–H groups in total. The molecule has 5 aliphatic rings. The normalized spacial score (nSPS) is 26.2. The second-order valence-corrected chi connectivity index (χ2v) is 15.0. The Morgan fingerprint density at radius 1 is 1.06 bits per heavy atom. The van der Waals surface area contributed by atoms with Crippen molar-refractivity contribution in [3.05, 3.63) is 78.0 Å². The van der Waals surface area contributed by atoms with Crippen molar-refractivity contribution in [3.8, 4) is 17.3 Å². The highest BCUT2D eigenvalue weighted by molar-refractivity contribution is 6.00. The second kappa shape index (κ2) is 10.4. The lowest BCUT2D eigenvalue weighted by Crippen LogP contribution is -2.61. The summed E-state index contributed by atoms with van der Waals surface area (Å²) < 4.78 is 27.0. The number of aromatic nitrogens is 4. The van der Waals surface area contributed by atoms with E-state index >= 15 is 4.39 Å². The number of aliphatic hydroxyl groups excluding tert-OH is 1. The molecule has 0 radical (unpaired) electrons. The van der Waals surface area contributed by atoms with E-state index < -0.39 is 11.9 Å². The first kappa shape index (κ1) is 28.7. The predicted octanol–water partition coefficient (Wildman–Crippen LogP) is 5.67. The number of rotatable bonds is 9. The van der Waals surface area contributed by atoms with Crippen LogP contribution in [0.1, 0.15) is 47.8 Å². The van der Waals surface area contributed by atoms with Gasteiger partial charge in [-0.25, -0.2) is 14.4 Å². The highest BCUT2D eigenvalue weighted by Gasteiger charge is 2.61. The molecule has 0 spiro atoms. The lowest BCUT2D eigenvalue weighted by atomic mass is 9.53. The smallest absolute Gasteiger partial charge is 0.254 e. The van der Waals surface area contributed by atoms with E-state index in [1.807, 2.05) is 59.3 Å². The first-order valence-electron chi connectivity index (χ1n) is 17.4. The van der Waals surface area contributed by atoms with Crippen molar-refractivity contribution in [2.45, 2.75) is 56.7 Å². The van der Waals surface area contributed by atoms with Crippen LogP contribution in [-0.2, 0) is 13.1 Å². The highest BCUT2D eigenvalue weighted by atomic mass is 19.1. The zero-order valence-corrected chi connectivity index (χ0v) is 27.0. The van der Waals surface area contributed by atoms with Crippen molar-refractivity contribution in [1.82, 2.24) is 28.9 Å². The Labute approximate surface area is 277 Å². The van der Waals surface area contributed by atoms with Crippen LogP contribution in [0.15, 0.2) is 66.9 Å². The summed E-state index contributed by atoms with van der Waals surface area (Å²) in [5.74, 6) is 3.86. The lowest BCUT2D eigenvalue weighted by Gasteiger charge is -2.52. The van der Waals surface area contributed by atoms with Gasteiger partial charge in [0.2, 0.25) is 0 Å². The molecule has 10 heteroatoms. The Hall–Kier alpha value is -4.28. The maximum absolute atomic E-state index is 16.8. The SMILES string of the molecule is COc1cc(C(=O)N2CC3CC4CC2[C@H]43)cc2nc(-c3cc4cccnc4n3CC3CC3)n(CC3(F)CN(C(O)c4ccccc4)C3)c12. The van der Waals surface area contributed by atoms with Gasteiger partial charge in [0.25, 0.3) is 5.91 Å². The molecule has 5 atom stereocenters. The van der Waals surface area contributed by atoms with E-state index in [1.165, 1.54) is 19.3 Å². The number of hydrogen-bond donors (Lipinski definition) is 1. The lowest BCUT2D eigenvalue weighted by molar-refractivity contribution is -0.130. The molecule has 5 fully saturated rings. The van der Waals surface area contributed by atoms with Crippen LogP contribution in [0.4, 0.5) is 4.39 Å². The number of aliphatic hydroxyl groups is 1. The van der Waals surface area contributed by atoms with E-state index in [-0.39, 0.29) is 25.5 Å². The number of carbonyl (C=O) groups is 1. The molecule has 10 rings (SSSR count). The van der Waals surface area contributed by atoms with Crippen molar-refractivity contribution in [2.24, 2.45) is 23.7 Å². The van der Waals surface area contributed by atoms with E-state index in [1.54, 1.807) is 12.0 Å². The van der Waals surface area contributed by atoms with Gasteiger partial charge in [-0.15, -0.1) is 0 Å². The van der Waals surface area contributed by atoms with Crippen molar-refractivity contribution in [1.29, 1.82) is 0 Å². The van der Waals surface area contributed by atoms with Crippen LogP contribution in [-0.4, -0.2) is 78.4 Å². The van der Waals surface area contributed by atoms with Crippen molar-refractivity contribution in [2.75, 3.05) is 26.7 Å². The van der Waals surface area contributed by atoms with Crippen LogP contribution in [0.5, 0.6) is 5.75 Å². The maximum Gasteiger partial charge on any atom is 0.254 e. The van der Waals surface area contributed by atoms with Crippen LogP contribution >= 0.6 is 0 Å². The number of imidazole rings is 1. The van der Waals surface area contributed by atoms with Crippen molar-refractivity contribution < 1.29 is 19.0 Å². The van der Waals surface area contributed by atoms with Crippen molar-refractivity contribution >= 4 is 28.0 Å². The molecule has 3 saturated carbocycles. The molecule has 4 unspecified atom stereocenters. The molecular weight excluding hydrogens is 607 g/mol. The van der Waals surface area contributed by atoms with Gasteiger partial charge in [-0.3, -0.25) is 9.69 Å². The number of methoxy groups -OCH3 is 1. The van der Waals surface area contributed by atoms with Crippen LogP contribution in [0.2, 0.25) is 0 Å². The molecule has 2 aliphatic heterocycles. The fourth-order valence-corrected chi connectivity index (χ4v) is 9.31. The molecule has 5 aromatic rings. The van der Waals surface area contributed by atoms with Gasteiger partial charge < -0.3 is 23.9 Å². The molecule has 9 nitrogen and oxygen atoms in total. The Bertz CT molecular complexity index is 2080. The van der Waals surface area contributed by atoms with Crippen molar-refractivity contribution in [3.63, 3.8) is 0 Å². The number of fused-ring (bicyclic) bond motifs is 2. The molecule has 2 aromatic carbocycles. The number of pyridine rings is 1. The maximum atomic E-state index is 16.8. The number of carbonyl (C=O) groups excluding carboxylic acids is 1. The second-order valence-electron chi connectivity index (χ2n) is 15.0. The minimum absolute atomic E-state index is 0.0256. The topological polar surface area (TPSA) is 88.7 Å². The monoisotopic (exact) mass is 646 g/mol. The molecule has 3 aromatic heterocycles. The van der Waals surface area contributed by atoms with E-state index in [0.29, 0.717) is 52.0 Å². The minimum Gasteiger partial charge on any atom is -0.494 e. The Balaban J connectivity index is 1.07. The summed E-state index contributed by atoms with van der Waals surface area (Å²) in [6.45, 7) is 1.82. The fraction of sp³-hybridized carbons (Fsp3) is 0.447. The Morgan fingerprint density at radius 3 is 2.65 bits per heavy atom. The quantitative estimate of drug-likeness (QED) is 0.222. The summed E-state index contributed by atoms with van der Waals surface area (Å²) in [6.07, 6.45) is 5.64. The molecule has 5 heterocycles. The van der Waals surface area contributed by atoms with E-state index in [4.69, 9.17) is 14.7 Å². The summed E-state index contributed by atoms with van der Waals surface area (Å²) in [5.41, 5.74) is 2.75. The number of amides is 1. The third kappa shape index (κ3) is 4.31. The van der Waals surface area contributed by atoms with Gasteiger partial charge >= 0.3 is 0 Å². The fourth-order valence-electron chi connectivity index (χ4n) is 9.31. The average molecular weight is 647 g/mol. The third-order valence-electron chi connectivity index (χ3n) is 11.9. The van der Waals surface area contributed by atoms with E-state index in [0.717, 1.165) is 47.7 Å². The number of nitrogens with zero attached hydrogens (tertiary/aromatic N) is 6. The molecule has 48 heavy (non-hydrogen) atoms. The molecule has 3 aliphatic carbocycles. The van der Waals surface area contributed by atoms with Gasteiger partial charge in [0.1, 0.15) is 23.1 Å². The molecule has 2 saturated heterocycles. The van der Waals surface area contributed by atoms with Gasteiger partial charge in [-0.1, -0.05) is 30.3 Å². The van der Waals surface area contributed by atoms with Crippen LogP contribution in [0, 0.1) is 23.7 Å². The number of hydrogen-bond acceptors (Lipinski definition) is 6. The summed E-state index contributed by atoms with van der Waals surface area (Å²) in [6, 6.07) is 19.5. The highest BCUT2D eigenvalue weighted by Crippen LogP contribution is 2.61. The summed E-state index contributed by atoms with van der Waals surface area (Å²) in [5, 5.41) is 12.0. The van der Waals surface area contributed by atoms with Crippen LogP contribution in [0.3, 0.4) is 0 Å². The van der Waals surface area contributed by atoms with Gasteiger partial charge in [0.15, 0.2) is 11.5 Å². The number of benzene rings is 2. The minimum atomic E-state index is -1.61. The number of likely N-dealkylation sites (tertiary alicyclic amines) is 2. The molecule has 0 bridgehead atoms. The first-order chi connectivity index (χ1) is 23.4. The summed E-state index contributed by atoms with van der Waals surface area (Å²) in [7, 11) is 1.60. The van der Waals surface area contributed by atoms with Gasteiger partial charge in [-0.05, 0) is 85.3 Å². The standard InChI is InChI=1S/C38H39FN6O3/c1-48-31-16-26(37(47)44-18-27-12-25-15-29(44)32(25)27)13-28-33(31)45(21-38(39)19-42(20-38)36(46)23-6-3-2-4-7-23)35(41-28)30-14-24-8-5-11-40-34(24)43(30)17-22-9-10-22/h2-8,11,13-14,16,22,25,27,29,32,36,46H,9-10,12,15,17-21H2,1H3/t25?,27?,29?,32-,36?/m1/s1. The van der Waals surface area contributed by atoms with Gasteiger partial charge in [0.05, 0.1) is 24.9 Å². The average Bonchev–Trinajstić information content (AvgIpc) is 3.74. The third-order valence-corrected chi connectivity index (χ3v) is 11.9. The zero-order valence-electron chi connectivity index (χ0n) is 27.0. The molecular formula is C38H39FN6O3.